The third-order valence-corrected chi connectivity index (χ3v) is 4.30. The van der Waals surface area contributed by atoms with Crippen LogP contribution in [-0.2, 0) is 9.59 Å². The number of carbonyl (C=O) groups is 2. The number of allylic oxidation sites excluding steroid dienone is 2. The molecule has 7 heteroatoms. The van der Waals surface area contributed by atoms with Gasteiger partial charge in [-0.3, -0.25) is 14.5 Å². The van der Waals surface area contributed by atoms with E-state index in [1.54, 1.807) is 18.4 Å². The second-order valence-electron chi connectivity index (χ2n) is 4.73. The lowest BCUT2D eigenvalue weighted by Crippen LogP contribution is -2.29. The molecule has 0 spiro atoms. The fourth-order valence-corrected chi connectivity index (χ4v) is 3.29. The SMILES string of the molecule is CC(=Cc1ccco1)C=C1SC(=S)N(CCCC(=O)O)C1=O. The van der Waals surface area contributed by atoms with Gasteiger partial charge in [0.1, 0.15) is 10.1 Å². The third-order valence-electron chi connectivity index (χ3n) is 2.92. The summed E-state index contributed by atoms with van der Waals surface area (Å²) in [6, 6.07) is 3.62. The molecule has 1 aromatic heterocycles. The van der Waals surface area contributed by atoms with Crippen molar-refractivity contribution in [3.63, 3.8) is 0 Å². The van der Waals surface area contributed by atoms with Crippen molar-refractivity contribution in [1.82, 2.24) is 4.90 Å². The highest BCUT2D eigenvalue weighted by Crippen LogP contribution is 2.32. The summed E-state index contributed by atoms with van der Waals surface area (Å²) in [6.07, 6.45) is 5.58. The molecule has 1 amide bonds. The summed E-state index contributed by atoms with van der Waals surface area (Å²) in [7, 11) is 0. The van der Waals surface area contributed by atoms with Gasteiger partial charge in [0.15, 0.2) is 0 Å². The summed E-state index contributed by atoms with van der Waals surface area (Å²) in [5.41, 5.74) is 0.876. The fraction of sp³-hybridized carbons (Fsp3) is 0.267. The minimum Gasteiger partial charge on any atom is -0.481 e. The Kier molecular flexibility index (Phi) is 5.57. The number of aliphatic carboxylic acids is 1. The third kappa shape index (κ3) is 4.32. The molecule has 1 saturated heterocycles. The van der Waals surface area contributed by atoms with Crippen LogP contribution in [0.1, 0.15) is 25.5 Å². The van der Waals surface area contributed by atoms with Gasteiger partial charge in [-0.1, -0.05) is 24.0 Å². The number of carbonyl (C=O) groups excluding carboxylic acids is 1. The number of furan rings is 1. The van der Waals surface area contributed by atoms with Gasteiger partial charge in [0.05, 0.1) is 11.2 Å². The molecule has 0 saturated carbocycles. The smallest absolute Gasteiger partial charge is 0.303 e. The Morgan fingerprint density at radius 3 is 2.95 bits per heavy atom. The topological polar surface area (TPSA) is 70.8 Å². The van der Waals surface area contributed by atoms with Crippen molar-refractivity contribution >= 4 is 46.3 Å². The summed E-state index contributed by atoms with van der Waals surface area (Å²) >= 11 is 6.42. The van der Waals surface area contributed by atoms with Crippen molar-refractivity contribution in [1.29, 1.82) is 0 Å². The standard InChI is InChI=1S/C15H15NO4S2/c1-10(8-11-4-3-7-20-11)9-12-14(19)16(15(21)22-12)6-2-5-13(17)18/h3-4,7-9H,2,5-6H2,1H3,(H,17,18). The Hall–Kier alpha value is -1.86. The van der Waals surface area contributed by atoms with E-state index >= 15 is 0 Å². The van der Waals surface area contributed by atoms with Crippen LogP contribution in [-0.4, -0.2) is 32.7 Å². The number of hydrogen-bond donors (Lipinski definition) is 1. The molecule has 1 fully saturated rings. The number of rotatable bonds is 6. The van der Waals surface area contributed by atoms with E-state index in [1.807, 2.05) is 19.1 Å². The Morgan fingerprint density at radius 2 is 2.32 bits per heavy atom. The van der Waals surface area contributed by atoms with E-state index < -0.39 is 5.97 Å². The highest BCUT2D eigenvalue weighted by Gasteiger charge is 2.31. The molecule has 1 aromatic rings. The molecule has 1 N–H and O–H groups in total. The monoisotopic (exact) mass is 337 g/mol. The molecule has 0 atom stereocenters. The minimum atomic E-state index is -0.877. The van der Waals surface area contributed by atoms with E-state index in [-0.39, 0.29) is 12.3 Å². The summed E-state index contributed by atoms with van der Waals surface area (Å²) in [5.74, 6) is -0.337. The van der Waals surface area contributed by atoms with Crippen molar-refractivity contribution in [2.75, 3.05) is 6.54 Å². The molecule has 0 bridgehead atoms. The highest BCUT2D eigenvalue weighted by atomic mass is 32.2. The fourth-order valence-electron chi connectivity index (χ4n) is 1.93. The van der Waals surface area contributed by atoms with Gasteiger partial charge >= 0.3 is 5.97 Å². The van der Waals surface area contributed by atoms with E-state index in [2.05, 4.69) is 0 Å². The zero-order valence-corrected chi connectivity index (χ0v) is 13.6. The Morgan fingerprint density at radius 1 is 1.55 bits per heavy atom. The van der Waals surface area contributed by atoms with Gasteiger partial charge in [-0.2, -0.15) is 0 Å². The van der Waals surface area contributed by atoms with Crippen LogP contribution in [0, 0.1) is 0 Å². The average Bonchev–Trinajstić information content (AvgIpc) is 3.02. The van der Waals surface area contributed by atoms with Gasteiger partial charge in [0.2, 0.25) is 0 Å². The van der Waals surface area contributed by atoms with Crippen molar-refractivity contribution in [2.24, 2.45) is 0 Å². The van der Waals surface area contributed by atoms with E-state index in [0.717, 1.165) is 5.57 Å². The Labute approximate surface area is 137 Å². The number of carboxylic acid groups (broad SMARTS) is 1. The predicted octanol–water partition coefficient (Wildman–Crippen LogP) is 3.29. The van der Waals surface area contributed by atoms with E-state index in [9.17, 15) is 9.59 Å². The van der Waals surface area contributed by atoms with Gasteiger partial charge in [-0.15, -0.1) is 0 Å². The van der Waals surface area contributed by atoms with Crippen molar-refractivity contribution in [3.8, 4) is 0 Å². The van der Waals surface area contributed by atoms with Crippen LogP contribution in [0.25, 0.3) is 6.08 Å². The maximum atomic E-state index is 12.3. The van der Waals surface area contributed by atoms with E-state index in [4.69, 9.17) is 21.7 Å². The Bertz CT molecular complexity index is 647. The minimum absolute atomic E-state index is 0.0214. The maximum Gasteiger partial charge on any atom is 0.303 e. The zero-order chi connectivity index (χ0) is 16.1. The molecule has 0 aliphatic carbocycles. The van der Waals surface area contributed by atoms with Crippen LogP contribution in [0.4, 0.5) is 0 Å². The first-order chi connectivity index (χ1) is 10.5. The van der Waals surface area contributed by atoms with Gasteiger partial charge in [-0.05, 0) is 43.2 Å². The lowest BCUT2D eigenvalue weighted by Gasteiger charge is -2.13. The molecular formula is C15H15NO4S2. The molecule has 1 aliphatic heterocycles. The van der Waals surface area contributed by atoms with Crippen LogP contribution < -0.4 is 0 Å². The van der Waals surface area contributed by atoms with Crippen molar-refractivity contribution in [3.05, 3.63) is 40.7 Å². The molecule has 0 radical (unpaired) electrons. The maximum absolute atomic E-state index is 12.3. The summed E-state index contributed by atoms with van der Waals surface area (Å²) in [5, 5.41) is 8.64. The van der Waals surface area contributed by atoms with Gasteiger partial charge in [0.25, 0.3) is 5.91 Å². The van der Waals surface area contributed by atoms with Crippen LogP contribution in [0.3, 0.4) is 0 Å². The lowest BCUT2D eigenvalue weighted by molar-refractivity contribution is -0.137. The molecule has 2 rings (SSSR count). The second kappa shape index (κ2) is 7.42. The van der Waals surface area contributed by atoms with Crippen LogP contribution in [0.15, 0.2) is 39.4 Å². The van der Waals surface area contributed by atoms with Gasteiger partial charge in [0, 0.05) is 13.0 Å². The van der Waals surface area contributed by atoms with Crippen LogP contribution in [0.5, 0.6) is 0 Å². The van der Waals surface area contributed by atoms with Crippen LogP contribution >= 0.6 is 24.0 Å². The van der Waals surface area contributed by atoms with Gasteiger partial charge < -0.3 is 9.52 Å². The molecule has 5 nitrogen and oxygen atoms in total. The molecule has 2 heterocycles. The van der Waals surface area contributed by atoms with E-state index in [0.29, 0.717) is 28.0 Å². The number of amides is 1. The number of carboxylic acids is 1. The molecule has 0 aromatic carbocycles. The summed E-state index contributed by atoms with van der Waals surface area (Å²) in [6.45, 7) is 2.20. The lowest BCUT2D eigenvalue weighted by atomic mass is 10.2. The molecular weight excluding hydrogens is 322 g/mol. The zero-order valence-electron chi connectivity index (χ0n) is 11.9. The Balaban J connectivity index is 2.04. The number of hydrogen-bond acceptors (Lipinski definition) is 5. The largest absolute Gasteiger partial charge is 0.481 e. The highest BCUT2D eigenvalue weighted by molar-refractivity contribution is 8.26. The molecule has 22 heavy (non-hydrogen) atoms. The van der Waals surface area contributed by atoms with Gasteiger partial charge in [-0.25, -0.2) is 0 Å². The average molecular weight is 337 g/mol. The molecule has 0 unspecified atom stereocenters. The number of nitrogens with zero attached hydrogens (tertiary/aromatic N) is 1. The first kappa shape index (κ1) is 16.5. The van der Waals surface area contributed by atoms with E-state index in [1.165, 1.54) is 16.7 Å². The predicted molar refractivity (Wildman–Crippen MR) is 89.2 cm³/mol. The molecule has 1 aliphatic rings. The number of thiocarbonyl (C=S) groups is 1. The van der Waals surface area contributed by atoms with Crippen molar-refractivity contribution < 1.29 is 19.1 Å². The second-order valence-corrected chi connectivity index (χ2v) is 6.41. The normalized spacial score (nSPS) is 17.6. The quantitative estimate of drug-likeness (QED) is 0.634. The van der Waals surface area contributed by atoms with Crippen molar-refractivity contribution in [2.45, 2.75) is 19.8 Å². The number of thioether (sulfide) groups is 1. The first-order valence-corrected chi connectivity index (χ1v) is 7.89. The summed E-state index contributed by atoms with van der Waals surface area (Å²) in [4.78, 5) is 24.8. The van der Waals surface area contributed by atoms with Crippen LogP contribution in [0.2, 0.25) is 0 Å². The summed E-state index contributed by atoms with van der Waals surface area (Å²) < 4.78 is 5.69. The molecule has 116 valence electrons. The first-order valence-electron chi connectivity index (χ1n) is 6.66.